The van der Waals surface area contributed by atoms with Gasteiger partial charge in [0, 0.05) is 21.8 Å². The average Bonchev–Trinajstić information content (AvgIpc) is 3.25. The summed E-state index contributed by atoms with van der Waals surface area (Å²) in [6.45, 7) is 0. The van der Waals surface area contributed by atoms with Crippen LogP contribution in [0.4, 0.5) is 0 Å². The summed E-state index contributed by atoms with van der Waals surface area (Å²) in [7, 11) is 0. The molecule has 5 aromatic rings. The van der Waals surface area contributed by atoms with Crippen LogP contribution in [0, 0.1) is 0 Å². The summed E-state index contributed by atoms with van der Waals surface area (Å²) in [5, 5.41) is 2.58. The number of fused-ring (bicyclic) bond motifs is 6. The lowest BCUT2D eigenvalue weighted by Crippen LogP contribution is -1.83. The Bertz CT molecular complexity index is 1310. The predicted molar refractivity (Wildman–Crippen MR) is 109 cm³/mol. The van der Waals surface area contributed by atoms with E-state index in [9.17, 15) is 0 Å². The quantitative estimate of drug-likeness (QED) is 0.351. The highest BCUT2D eigenvalue weighted by molar-refractivity contribution is 6.08. The lowest BCUT2D eigenvalue weighted by Gasteiger charge is -2.07. The molecule has 6 rings (SSSR count). The predicted octanol–water partition coefficient (Wildman–Crippen LogP) is 6.56. The van der Waals surface area contributed by atoms with Gasteiger partial charge in [-0.05, 0) is 64.1 Å². The second-order valence-electron chi connectivity index (χ2n) is 7.14. The molecule has 1 aliphatic carbocycles. The van der Waals surface area contributed by atoms with E-state index in [0.29, 0.717) is 0 Å². The van der Waals surface area contributed by atoms with E-state index in [2.05, 4.69) is 89.9 Å². The van der Waals surface area contributed by atoms with E-state index in [1.165, 1.54) is 55.2 Å². The Morgan fingerprint density at radius 3 is 2.27 bits per heavy atom. The van der Waals surface area contributed by atoms with E-state index in [4.69, 9.17) is 0 Å². The molecule has 122 valence electrons. The van der Waals surface area contributed by atoms with E-state index in [0.717, 1.165) is 6.42 Å². The SMILES string of the molecule is c1ccc2c(c1)Cc1ccc(-c3ccc4[nH]c5ccccc5c4c3)cc1-2. The molecule has 0 atom stereocenters. The third-order valence-corrected chi connectivity index (χ3v) is 5.64. The molecule has 1 aromatic heterocycles. The Labute approximate surface area is 151 Å². The normalized spacial score (nSPS) is 12.5. The van der Waals surface area contributed by atoms with Crippen LogP contribution in [0.15, 0.2) is 84.9 Å². The number of hydrogen-bond donors (Lipinski definition) is 1. The van der Waals surface area contributed by atoms with Crippen molar-refractivity contribution in [1.82, 2.24) is 4.98 Å². The molecule has 0 aliphatic heterocycles. The molecule has 4 aromatic carbocycles. The van der Waals surface area contributed by atoms with Gasteiger partial charge in [-0.3, -0.25) is 0 Å². The van der Waals surface area contributed by atoms with Crippen molar-refractivity contribution in [3.8, 4) is 22.3 Å². The first kappa shape index (κ1) is 13.9. The largest absolute Gasteiger partial charge is 0.355 e. The molecular formula is C25H17N. The Kier molecular flexibility index (Phi) is 2.72. The maximum absolute atomic E-state index is 3.51. The number of hydrogen-bond acceptors (Lipinski definition) is 0. The molecule has 0 unspecified atom stereocenters. The van der Waals surface area contributed by atoms with Crippen molar-refractivity contribution < 1.29 is 0 Å². The monoisotopic (exact) mass is 331 g/mol. The summed E-state index contributed by atoms with van der Waals surface area (Å²) in [5.41, 5.74) is 10.6. The van der Waals surface area contributed by atoms with Gasteiger partial charge in [-0.15, -0.1) is 0 Å². The molecule has 0 spiro atoms. The van der Waals surface area contributed by atoms with Crippen molar-refractivity contribution in [1.29, 1.82) is 0 Å². The molecule has 0 bridgehead atoms. The van der Waals surface area contributed by atoms with Gasteiger partial charge < -0.3 is 4.98 Å². The second kappa shape index (κ2) is 5.09. The summed E-state index contributed by atoms with van der Waals surface area (Å²) in [5.74, 6) is 0. The summed E-state index contributed by atoms with van der Waals surface area (Å²) in [4.78, 5) is 3.51. The molecule has 0 amide bonds. The fourth-order valence-corrected chi connectivity index (χ4v) is 4.33. The van der Waals surface area contributed by atoms with Gasteiger partial charge in [-0.25, -0.2) is 0 Å². The zero-order valence-electron chi connectivity index (χ0n) is 14.3. The highest BCUT2D eigenvalue weighted by atomic mass is 14.7. The van der Waals surface area contributed by atoms with Crippen LogP contribution in [0.25, 0.3) is 44.1 Å². The fourth-order valence-electron chi connectivity index (χ4n) is 4.33. The number of H-pyrrole nitrogens is 1. The topological polar surface area (TPSA) is 15.8 Å². The standard InChI is InChI=1S/C25H17N/c1-2-6-20-18(5-1)13-19-10-9-16(14-22(19)20)17-11-12-25-23(15-17)21-7-3-4-8-24(21)26-25/h1-12,14-15,26H,13H2. The highest BCUT2D eigenvalue weighted by Crippen LogP contribution is 2.39. The maximum Gasteiger partial charge on any atom is 0.0465 e. The van der Waals surface area contributed by atoms with Gasteiger partial charge >= 0.3 is 0 Å². The van der Waals surface area contributed by atoms with Crippen molar-refractivity contribution in [2.45, 2.75) is 6.42 Å². The van der Waals surface area contributed by atoms with Gasteiger partial charge in [-0.2, -0.15) is 0 Å². The number of aromatic amines is 1. The summed E-state index contributed by atoms with van der Waals surface area (Å²) in [6, 6.07) is 30.9. The van der Waals surface area contributed by atoms with Crippen LogP contribution in [0.2, 0.25) is 0 Å². The van der Waals surface area contributed by atoms with Crippen molar-refractivity contribution in [3.63, 3.8) is 0 Å². The van der Waals surface area contributed by atoms with Crippen LogP contribution in [0.5, 0.6) is 0 Å². The number of benzene rings is 4. The Morgan fingerprint density at radius 1 is 0.538 bits per heavy atom. The Hall–Kier alpha value is -3.32. The number of para-hydroxylation sites is 1. The van der Waals surface area contributed by atoms with E-state index in [-0.39, 0.29) is 0 Å². The molecule has 0 saturated carbocycles. The minimum atomic E-state index is 1.05. The Balaban J connectivity index is 1.55. The minimum absolute atomic E-state index is 1.05. The van der Waals surface area contributed by atoms with Crippen LogP contribution in [0.1, 0.15) is 11.1 Å². The smallest absolute Gasteiger partial charge is 0.0465 e. The van der Waals surface area contributed by atoms with Crippen molar-refractivity contribution in [2.24, 2.45) is 0 Å². The molecule has 1 heterocycles. The summed E-state index contributed by atoms with van der Waals surface area (Å²) < 4.78 is 0. The third kappa shape index (κ3) is 1.91. The number of aromatic nitrogens is 1. The van der Waals surface area contributed by atoms with Crippen molar-refractivity contribution in [2.75, 3.05) is 0 Å². The molecule has 0 saturated heterocycles. The van der Waals surface area contributed by atoms with Crippen LogP contribution >= 0.6 is 0 Å². The van der Waals surface area contributed by atoms with Gasteiger partial charge in [0.25, 0.3) is 0 Å². The first-order chi connectivity index (χ1) is 12.9. The molecule has 26 heavy (non-hydrogen) atoms. The third-order valence-electron chi connectivity index (χ3n) is 5.64. The van der Waals surface area contributed by atoms with Crippen molar-refractivity contribution >= 4 is 21.8 Å². The second-order valence-corrected chi connectivity index (χ2v) is 7.14. The van der Waals surface area contributed by atoms with E-state index in [1.807, 2.05) is 0 Å². The maximum atomic E-state index is 3.51. The number of rotatable bonds is 1. The average molecular weight is 331 g/mol. The first-order valence-corrected chi connectivity index (χ1v) is 9.09. The zero-order valence-corrected chi connectivity index (χ0v) is 14.3. The lowest BCUT2D eigenvalue weighted by molar-refractivity contribution is 1.26. The van der Waals surface area contributed by atoms with Crippen molar-refractivity contribution in [3.05, 3.63) is 96.1 Å². The van der Waals surface area contributed by atoms with Crippen LogP contribution in [-0.4, -0.2) is 4.98 Å². The van der Waals surface area contributed by atoms with Gasteiger partial charge in [0.2, 0.25) is 0 Å². The number of nitrogens with one attached hydrogen (secondary N) is 1. The highest BCUT2D eigenvalue weighted by Gasteiger charge is 2.18. The molecule has 1 heteroatoms. The van der Waals surface area contributed by atoms with E-state index >= 15 is 0 Å². The Morgan fingerprint density at radius 2 is 1.27 bits per heavy atom. The molecule has 1 N–H and O–H groups in total. The fraction of sp³-hybridized carbons (Fsp3) is 0.0400. The van der Waals surface area contributed by atoms with Gasteiger partial charge in [0.05, 0.1) is 0 Å². The summed E-state index contributed by atoms with van der Waals surface area (Å²) >= 11 is 0. The van der Waals surface area contributed by atoms with Gasteiger partial charge in [0.15, 0.2) is 0 Å². The molecule has 0 radical (unpaired) electrons. The lowest BCUT2D eigenvalue weighted by atomic mass is 9.97. The van der Waals surface area contributed by atoms with Crippen LogP contribution < -0.4 is 0 Å². The zero-order chi connectivity index (χ0) is 17.1. The molecular weight excluding hydrogens is 314 g/mol. The molecule has 0 fully saturated rings. The van der Waals surface area contributed by atoms with Gasteiger partial charge in [0.1, 0.15) is 0 Å². The van der Waals surface area contributed by atoms with Gasteiger partial charge in [-0.1, -0.05) is 60.7 Å². The van der Waals surface area contributed by atoms with E-state index < -0.39 is 0 Å². The molecule has 1 aliphatic rings. The first-order valence-electron chi connectivity index (χ1n) is 9.09. The van der Waals surface area contributed by atoms with Crippen LogP contribution in [-0.2, 0) is 6.42 Å². The summed E-state index contributed by atoms with van der Waals surface area (Å²) in [6.07, 6.45) is 1.05. The van der Waals surface area contributed by atoms with Crippen LogP contribution in [0.3, 0.4) is 0 Å². The minimum Gasteiger partial charge on any atom is -0.355 e. The van der Waals surface area contributed by atoms with E-state index in [1.54, 1.807) is 0 Å². The molecule has 1 nitrogen and oxygen atoms in total.